The Balaban J connectivity index is 1.27. The first-order chi connectivity index (χ1) is 22.6. The van der Waals surface area contributed by atoms with Crippen molar-refractivity contribution in [1.29, 1.82) is 0 Å². The molecule has 5 N–H and O–H groups in total. The van der Waals surface area contributed by atoms with Crippen molar-refractivity contribution in [3.8, 4) is 0 Å². The van der Waals surface area contributed by atoms with Gasteiger partial charge >= 0.3 is 11.9 Å². The molecule has 3 saturated carbocycles. The van der Waals surface area contributed by atoms with Crippen LogP contribution in [0.4, 0.5) is 0 Å². The van der Waals surface area contributed by atoms with Crippen LogP contribution in [0.1, 0.15) is 100 Å². The van der Waals surface area contributed by atoms with E-state index < -0.39 is 93.3 Å². The van der Waals surface area contributed by atoms with E-state index in [0.717, 1.165) is 12.0 Å². The Labute approximate surface area is 288 Å². The molecule has 0 radical (unpaired) electrons. The fourth-order valence-corrected chi connectivity index (χ4v) is 12.5. The van der Waals surface area contributed by atoms with Gasteiger partial charge < -0.3 is 49.2 Å². The van der Waals surface area contributed by atoms with Gasteiger partial charge in [0, 0.05) is 6.92 Å². The largest absolute Gasteiger partial charge is 0.459 e. The Morgan fingerprint density at radius 2 is 1.61 bits per heavy atom. The second kappa shape index (κ2) is 10.9. The van der Waals surface area contributed by atoms with Gasteiger partial charge in [-0.25, -0.2) is 0 Å². The molecule has 276 valence electrons. The Bertz CT molecular complexity index is 1430. The van der Waals surface area contributed by atoms with Crippen LogP contribution in [0.15, 0.2) is 11.6 Å². The molecule has 12 nitrogen and oxygen atoms in total. The standard InChI is InChI=1S/C37H56O12/c1-18(38)46-26-16-34(7)19-9-10-22-32(4,5)24(47-29-28(42)27(41)21(39)17-45-29)12-14-33(22,6)20(19)15-23(40)36(34)30(43)49-35(8,37(26,36)44)25-11-13-31(2,3)48-25/h15,19,21-29,39-42,44H,9-14,16-17H2,1-8H3/t19?,21?,22?,23-,24?,25?,26?,27?,28?,29?,33+,34-,35-,36?,37-/m0/s1. The number of carbonyl (C=O) groups is 2. The molecule has 3 aliphatic heterocycles. The Morgan fingerprint density at radius 3 is 2.24 bits per heavy atom. The van der Waals surface area contributed by atoms with Crippen molar-refractivity contribution in [2.24, 2.45) is 33.5 Å². The first kappa shape index (κ1) is 35.7. The van der Waals surface area contributed by atoms with E-state index >= 15 is 0 Å². The lowest BCUT2D eigenvalue weighted by Gasteiger charge is -2.64. The molecule has 10 unspecified atom stereocenters. The number of carbonyl (C=O) groups excluding carboxylic acids is 2. The van der Waals surface area contributed by atoms with Crippen molar-refractivity contribution < 1.29 is 58.8 Å². The predicted octanol–water partition coefficient (Wildman–Crippen LogP) is 2.30. The highest BCUT2D eigenvalue weighted by Gasteiger charge is 2.90. The molecule has 0 aromatic heterocycles. The number of cyclic esters (lactones) is 1. The summed E-state index contributed by atoms with van der Waals surface area (Å²) in [5.74, 6) is -1.43. The lowest BCUT2D eigenvalue weighted by Crippen LogP contribution is -2.72. The number of aliphatic hydroxyl groups is 5. The van der Waals surface area contributed by atoms with Gasteiger partial charge in [0.05, 0.1) is 24.4 Å². The zero-order valence-electron chi connectivity index (χ0n) is 30.1. The SMILES string of the molecule is CC(=O)OC1C[C@@]2(C)C3CCC4C(C)(C)C(OC5OCC(O)C(O)C5O)CC[C@]4(C)C3=C[C@H](O)C23C(=O)O[C@@](C)(C2CCC(C)(C)O2)[C@@]13O. The first-order valence-corrected chi connectivity index (χ1v) is 18.1. The summed E-state index contributed by atoms with van der Waals surface area (Å²) in [6.07, 6.45) is -2.70. The minimum atomic E-state index is -2.08. The number of rotatable bonds is 4. The molecule has 0 bridgehead atoms. The molecule has 4 aliphatic carbocycles. The fourth-order valence-electron chi connectivity index (χ4n) is 12.5. The van der Waals surface area contributed by atoms with Crippen LogP contribution in [0.25, 0.3) is 0 Å². The van der Waals surface area contributed by atoms with Crippen LogP contribution in [0.2, 0.25) is 0 Å². The maximum Gasteiger partial charge on any atom is 0.319 e. The van der Waals surface area contributed by atoms with Gasteiger partial charge in [0.2, 0.25) is 0 Å². The summed E-state index contributed by atoms with van der Waals surface area (Å²) in [4.78, 5) is 27.2. The van der Waals surface area contributed by atoms with Crippen molar-refractivity contribution in [2.75, 3.05) is 6.61 Å². The zero-order valence-corrected chi connectivity index (χ0v) is 30.1. The summed E-state index contributed by atoms with van der Waals surface area (Å²) in [7, 11) is 0. The number of fused-ring (bicyclic) bond motifs is 4. The van der Waals surface area contributed by atoms with Crippen LogP contribution in [0, 0.1) is 33.5 Å². The molecule has 3 heterocycles. The Morgan fingerprint density at radius 1 is 0.918 bits per heavy atom. The van der Waals surface area contributed by atoms with Gasteiger partial charge in [0.25, 0.3) is 0 Å². The number of ether oxygens (including phenoxy) is 5. The molecule has 49 heavy (non-hydrogen) atoms. The van der Waals surface area contributed by atoms with Crippen LogP contribution < -0.4 is 0 Å². The van der Waals surface area contributed by atoms with Crippen molar-refractivity contribution in [3.63, 3.8) is 0 Å². The average molecular weight is 693 g/mol. The Kier molecular flexibility index (Phi) is 7.98. The molecular formula is C37H56O12. The number of allylic oxidation sites excluding steroid dienone is 1. The van der Waals surface area contributed by atoms with Crippen LogP contribution in [0.5, 0.6) is 0 Å². The fraction of sp³-hybridized carbons (Fsp3) is 0.892. The summed E-state index contributed by atoms with van der Waals surface area (Å²) >= 11 is 0. The van der Waals surface area contributed by atoms with Crippen LogP contribution in [0.3, 0.4) is 0 Å². The molecule has 3 saturated heterocycles. The van der Waals surface area contributed by atoms with Gasteiger partial charge in [-0.2, -0.15) is 0 Å². The third-order valence-electron chi connectivity index (χ3n) is 14.9. The molecule has 7 aliphatic rings. The van der Waals surface area contributed by atoms with E-state index in [2.05, 4.69) is 20.8 Å². The van der Waals surface area contributed by atoms with Gasteiger partial charge in [-0.15, -0.1) is 0 Å². The molecule has 0 aromatic rings. The van der Waals surface area contributed by atoms with Crippen LogP contribution >= 0.6 is 0 Å². The van der Waals surface area contributed by atoms with Crippen LogP contribution in [-0.2, 0) is 33.3 Å². The van der Waals surface area contributed by atoms with Gasteiger partial charge in [0.15, 0.2) is 17.5 Å². The third-order valence-corrected chi connectivity index (χ3v) is 14.9. The summed E-state index contributed by atoms with van der Waals surface area (Å²) in [6.45, 7) is 15.2. The van der Waals surface area contributed by atoms with Crippen molar-refractivity contribution in [2.45, 2.75) is 166 Å². The van der Waals surface area contributed by atoms with Crippen molar-refractivity contribution in [1.82, 2.24) is 0 Å². The zero-order chi connectivity index (χ0) is 35.9. The van der Waals surface area contributed by atoms with Gasteiger partial charge in [-0.3, -0.25) is 9.59 Å². The van der Waals surface area contributed by atoms with Gasteiger partial charge in [-0.05, 0) is 93.8 Å². The van der Waals surface area contributed by atoms with Crippen molar-refractivity contribution in [3.05, 3.63) is 11.6 Å². The minimum absolute atomic E-state index is 0.0711. The summed E-state index contributed by atoms with van der Waals surface area (Å²) < 4.78 is 30.6. The number of esters is 2. The summed E-state index contributed by atoms with van der Waals surface area (Å²) in [5.41, 5.74) is -6.82. The monoisotopic (exact) mass is 692 g/mol. The smallest absolute Gasteiger partial charge is 0.319 e. The van der Waals surface area contributed by atoms with E-state index in [4.69, 9.17) is 23.7 Å². The predicted molar refractivity (Wildman–Crippen MR) is 172 cm³/mol. The highest BCUT2D eigenvalue weighted by molar-refractivity contribution is 5.87. The quantitative estimate of drug-likeness (QED) is 0.165. The number of hydrogen-bond donors (Lipinski definition) is 5. The topological polar surface area (TPSA) is 181 Å². The summed E-state index contributed by atoms with van der Waals surface area (Å²) in [6, 6.07) is 0. The molecular weight excluding hydrogens is 636 g/mol. The van der Waals surface area contributed by atoms with E-state index in [1.165, 1.54) is 6.92 Å². The van der Waals surface area contributed by atoms with E-state index in [1.54, 1.807) is 13.0 Å². The second-order valence-electron chi connectivity index (χ2n) is 18.1. The highest BCUT2D eigenvalue weighted by atomic mass is 16.7. The van der Waals surface area contributed by atoms with Gasteiger partial charge in [0.1, 0.15) is 35.9 Å². The average Bonchev–Trinajstić information content (AvgIpc) is 3.54. The summed E-state index contributed by atoms with van der Waals surface area (Å²) in [5, 5.41) is 56.5. The molecule has 1 spiro atoms. The molecule has 7 rings (SSSR count). The minimum Gasteiger partial charge on any atom is -0.459 e. The Hall–Kier alpha value is -1.64. The van der Waals surface area contributed by atoms with Crippen LogP contribution in [-0.4, -0.2) is 110 Å². The highest BCUT2D eigenvalue weighted by Crippen LogP contribution is 2.78. The maximum absolute atomic E-state index is 14.6. The lowest BCUT2D eigenvalue weighted by atomic mass is 9.40. The van der Waals surface area contributed by atoms with E-state index in [0.29, 0.717) is 32.1 Å². The third kappa shape index (κ3) is 4.38. The van der Waals surface area contributed by atoms with E-state index in [-0.39, 0.29) is 31.0 Å². The van der Waals surface area contributed by atoms with E-state index in [1.807, 2.05) is 20.8 Å². The van der Waals surface area contributed by atoms with E-state index in [9.17, 15) is 35.1 Å². The normalized spacial score (nSPS) is 54.2. The van der Waals surface area contributed by atoms with Crippen molar-refractivity contribution >= 4 is 11.9 Å². The molecule has 6 fully saturated rings. The lowest BCUT2D eigenvalue weighted by molar-refractivity contribution is -0.302. The molecule has 0 amide bonds. The first-order valence-electron chi connectivity index (χ1n) is 18.1. The molecule has 12 heteroatoms. The maximum atomic E-state index is 14.6. The molecule has 0 aromatic carbocycles. The second-order valence-corrected chi connectivity index (χ2v) is 18.1. The number of hydrogen-bond acceptors (Lipinski definition) is 12. The number of aliphatic hydroxyl groups excluding tert-OH is 4. The molecule has 15 atom stereocenters. The van der Waals surface area contributed by atoms with Gasteiger partial charge in [-0.1, -0.05) is 39.3 Å².